The van der Waals surface area contributed by atoms with Crippen molar-refractivity contribution in [3.05, 3.63) is 24.0 Å². The summed E-state index contributed by atoms with van der Waals surface area (Å²) in [6, 6.07) is 5.52. The Morgan fingerprint density at radius 3 is 2.83 bits per heavy atom. The summed E-state index contributed by atoms with van der Waals surface area (Å²) < 4.78 is 5.11. The van der Waals surface area contributed by atoms with Crippen LogP contribution in [0, 0.1) is 5.92 Å². The van der Waals surface area contributed by atoms with Crippen LogP contribution in [-0.2, 0) is 5.41 Å². The number of hydrogen-bond donors (Lipinski definition) is 3. The number of carbonyl (C=O) groups excluding carboxylic acids is 1. The summed E-state index contributed by atoms with van der Waals surface area (Å²) in [7, 11) is 0. The van der Waals surface area contributed by atoms with Crippen molar-refractivity contribution in [1.29, 1.82) is 0 Å². The van der Waals surface area contributed by atoms with Gasteiger partial charge in [-0.25, -0.2) is 9.78 Å². The van der Waals surface area contributed by atoms with Gasteiger partial charge < -0.3 is 20.8 Å². The molecule has 6 heteroatoms. The number of aromatic amines is 1. The van der Waals surface area contributed by atoms with Crippen LogP contribution < -0.4 is 15.8 Å². The summed E-state index contributed by atoms with van der Waals surface area (Å²) in [5, 5.41) is 3.44. The first kappa shape index (κ1) is 16.8. The van der Waals surface area contributed by atoms with Gasteiger partial charge in [0, 0.05) is 5.41 Å². The smallest absolute Gasteiger partial charge is 0.408 e. The molecule has 1 aliphatic rings. The highest BCUT2D eigenvalue weighted by atomic mass is 16.5. The van der Waals surface area contributed by atoms with Gasteiger partial charge in [-0.3, -0.25) is 0 Å². The quantitative estimate of drug-likeness (QED) is 0.785. The molecule has 1 aromatic heterocycles. The maximum absolute atomic E-state index is 11.1. The highest BCUT2D eigenvalue weighted by molar-refractivity contribution is 5.84. The van der Waals surface area contributed by atoms with Crippen molar-refractivity contribution in [1.82, 2.24) is 15.3 Å². The van der Waals surface area contributed by atoms with Crippen molar-refractivity contribution in [3.63, 3.8) is 0 Å². The number of imidazole rings is 1. The number of aromatic nitrogens is 2. The zero-order valence-electron chi connectivity index (χ0n) is 14.4. The molecule has 4 N–H and O–H groups in total. The van der Waals surface area contributed by atoms with Crippen LogP contribution in [0.25, 0.3) is 11.0 Å². The maximum Gasteiger partial charge on any atom is 0.410 e. The van der Waals surface area contributed by atoms with E-state index in [1.165, 1.54) is 0 Å². The number of hydrogen-bond acceptors (Lipinski definition) is 4. The monoisotopic (exact) mass is 330 g/mol. The normalized spacial score (nSPS) is 18.4. The molecular formula is C18H26N4O2. The molecule has 24 heavy (non-hydrogen) atoms. The second-order valence-electron chi connectivity index (χ2n) is 6.91. The molecule has 1 atom stereocenters. The van der Waals surface area contributed by atoms with Crippen LogP contribution in [0.5, 0.6) is 5.75 Å². The Kier molecular flexibility index (Phi) is 4.76. The Hall–Kier alpha value is -2.08. The van der Waals surface area contributed by atoms with Gasteiger partial charge in [0.15, 0.2) is 5.75 Å². The average Bonchev–Trinajstić information content (AvgIpc) is 3.01. The van der Waals surface area contributed by atoms with Crippen molar-refractivity contribution >= 4 is 17.1 Å². The Morgan fingerprint density at radius 2 is 2.17 bits per heavy atom. The Balaban J connectivity index is 2.03. The Morgan fingerprint density at radius 1 is 1.42 bits per heavy atom. The number of amides is 1. The number of nitrogens with one attached hydrogen (secondary N) is 2. The molecular weight excluding hydrogens is 304 g/mol. The van der Waals surface area contributed by atoms with E-state index in [0.717, 1.165) is 50.1 Å². The zero-order valence-corrected chi connectivity index (χ0v) is 14.4. The third-order valence-electron chi connectivity index (χ3n) is 5.19. The summed E-state index contributed by atoms with van der Waals surface area (Å²) in [5.74, 6) is 2.05. The minimum atomic E-state index is -0.816. The second kappa shape index (κ2) is 6.81. The first-order valence-electron chi connectivity index (χ1n) is 8.71. The minimum absolute atomic E-state index is 0.0453. The Labute approximate surface area is 142 Å². The third kappa shape index (κ3) is 3.24. The van der Waals surface area contributed by atoms with Crippen LogP contribution in [0.4, 0.5) is 4.79 Å². The van der Waals surface area contributed by atoms with Gasteiger partial charge in [0.05, 0.1) is 5.52 Å². The summed E-state index contributed by atoms with van der Waals surface area (Å²) in [4.78, 5) is 19.4. The molecule has 1 aliphatic heterocycles. The van der Waals surface area contributed by atoms with E-state index in [-0.39, 0.29) is 5.41 Å². The van der Waals surface area contributed by atoms with E-state index in [1.54, 1.807) is 6.07 Å². The molecule has 130 valence electrons. The van der Waals surface area contributed by atoms with E-state index >= 15 is 0 Å². The predicted octanol–water partition coefficient (Wildman–Crippen LogP) is 3.08. The molecule has 1 unspecified atom stereocenters. The predicted molar refractivity (Wildman–Crippen MR) is 94.2 cm³/mol. The first-order chi connectivity index (χ1) is 11.5. The van der Waals surface area contributed by atoms with Crippen LogP contribution in [0.1, 0.15) is 45.4 Å². The number of carbonyl (C=O) groups is 1. The molecule has 1 aromatic carbocycles. The van der Waals surface area contributed by atoms with E-state index in [0.29, 0.717) is 17.2 Å². The highest BCUT2D eigenvalue weighted by Crippen LogP contribution is 2.40. The number of rotatable bonds is 5. The second-order valence-corrected chi connectivity index (χ2v) is 6.91. The maximum atomic E-state index is 11.1. The third-order valence-corrected chi connectivity index (χ3v) is 5.19. The fraction of sp³-hybridized carbons (Fsp3) is 0.556. The van der Waals surface area contributed by atoms with Crippen LogP contribution in [0.3, 0.4) is 0 Å². The van der Waals surface area contributed by atoms with Gasteiger partial charge >= 0.3 is 6.09 Å². The summed E-state index contributed by atoms with van der Waals surface area (Å²) >= 11 is 0. The SMILES string of the molecule is CCC(C)CC1(c2nc3c(OC(N)=O)cccc3[nH]2)CCNCC1. The van der Waals surface area contributed by atoms with Crippen molar-refractivity contribution in [2.75, 3.05) is 13.1 Å². The average molecular weight is 330 g/mol. The number of piperidine rings is 1. The topological polar surface area (TPSA) is 93.0 Å². The molecule has 2 heterocycles. The van der Waals surface area contributed by atoms with Gasteiger partial charge in [-0.1, -0.05) is 26.3 Å². The number of nitrogens with two attached hydrogens (primary N) is 1. The molecule has 0 aliphatic carbocycles. The Bertz CT molecular complexity index is 719. The van der Waals surface area contributed by atoms with Crippen LogP contribution in [-0.4, -0.2) is 29.2 Å². The van der Waals surface area contributed by atoms with E-state index in [4.69, 9.17) is 15.5 Å². The lowest BCUT2D eigenvalue weighted by molar-refractivity contribution is 0.211. The lowest BCUT2D eigenvalue weighted by atomic mass is 9.71. The summed E-state index contributed by atoms with van der Waals surface area (Å²) in [6.07, 6.45) is 3.57. The standard InChI is InChI=1S/C18H26N4O2/c1-3-12(2)11-18(7-9-20-10-8-18)16-21-13-5-4-6-14(15(13)22-16)24-17(19)23/h4-6,12,20H,3,7-11H2,1-2H3,(H2,19,23)(H,21,22). The highest BCUT2D eigenvalue weighted by Gasteiger charge is 2.38. The molecule has 6 nitrogen and oxygen atoms in total. The molecule has 0 spiro atoms. The molecule has 0 saturated carbocycles. The van der Waals surface area contributed by atoms with Gasteiger partial charge in [-0.05, 0) is 50.4 Å². The van der Waals surface area contributed by atoms with Crippen molar-refractivity contribution in [2.24, 2.45) is 11.7 Å². The van der Waals surface area contributed by atoms with Gasteiger partial charge in [-0.2, -0.15) is 0 Å². The molecule has 1 fully saturated rings. The number of nitrogens with zero attached hydrogens (tertiary/aromatic N) is 1. The van der Waals surface area contributed by atoms with Crippen molar-refractivity contribution in [3.8, 4) is 5.75 Å². The number of benzene rings is 1. The van der Waals surface area contributed by atoms with Crippen LogP contribution >= 0.6 is 0 Å². The fourth-order valence-corrected chi connectivity index (χ4v) is 3.70. The van der Waals surface area contributed by atoms with E-state index in [2.05, 4.69) is 24.1 Å². The van der Waals surface area contributed by atoms with Gasteiger partial charge in [-0.15, -0.1) is 0 Å². The fourth-order valence-electron chi connectivity index (χ4n) is 3.70. The molecule has 1 amide bonds. The van der Waals surface area contributed by atoms with Gasteiger partial charge in [0.2, 0.25) is 0 Å². The number of H-pyrrole nitrogens is 1. The van der Waals surface area contributed by atoms with Crippen LogP contribution in [0.15, 0.2) is 18.2 Å². The first-order valence-corrected chi connectivity index (χ1v) is 8.71. The minimum Gasteiger partial charge on any atom is -0.408 e. The molecule has 3 rings (SSSR count). The van der Waals surface area contributed by atoms with Crippen LogP contribution in [0.2, 0.25) is 0 Å². The summed E-state index contributed by atoms with van der Waals surface area (Å²) in [5.41, 5.74) is 6.77. The molecule has 0 radical (unpaired) electrons. The number of para-hydroxylation sites is 1. The lowest BCUT2D eigenvalue weighted by Gasteiger charge is -2.38. The number of ether oxygens (including phenoxy) is 1. The van der Waals surface area contributed by atoms with Crippen molar-refractivity contribution in [2.45, 2.75) is 44.9 Å². The van der Waals surface area contributed by atoms with E-state index < -0.39 is 6.09 Å². The lowest BCUT2D eigenvalue weighted by Crippen LogP contribution is -2.41. The number of fused-ring (bicyclic) bond motifs is 1. The van der Waals surface area contributed by atoms with E-state index in [9.17, 15) is 4.79 Å². The number of primary amides is 1. The summed E-state index contributed by atoms with van der Waals surface area (Å²) in [6.45, 7) is 6.53. The zero-order chi connectivity index (χ0) is 17.2. The molecule has 2 aromatic rings. The van der Waals surface area contributed by atoms with Gasteiger partial charge in [0.1, 0.15) is 11.3 Å². The van der Waals surface area contributed by atoms with Gasteiger partial charge in [0.25, 0.3) is 0 Å². The molecule has 0 bridgehead atoms. The molecule has 1 saturated heterocycles. The van der Waals surface area contributed by atoms with Crippen molar-refractivity contribution < 1.29 is 9.53 Å². The van der Waals surface area contributed by atoms with E-state index in [1.807, 2.05) is 12.1 Å². The largest absolute Gasteiger partial charge is 0.410 e.